The van der Waals surface area contributed by atoms with Crippen LogP contribution in [-0.4, -0.2) is 87.0 Å². The fraction of sp³-hybridized carbons (Fsp3) is 1.00. The van der Waals surface area contributed by atoms with E-state index in [2.05, 4.69) is 50.5 Å². The lowest BCUT2D eigenvalue weighted by Crippen LogP contribution is -2.41. The van der Waals surface area contributed by atoms with Crippen molar-refractivity contribution in [3.8, 4) is 0 Å². The van der Waals surface area contributed by atoms with E-state index in [1.165, 1.54) is 153 Å². The summed E-state index contributed by atoms with van der Waals surface area (Å²) in [5, 5.41) is 19.0. The summed E-state index contributed by atoms with van der Waals surface area (Å²) in [7, 11) is -2.33. The second-order valence-corrected chi connectivity index (χ2v) is 20.4. The van der Waals surface area contributed by atoms with Crippen LogP contribution in [0.5, 0.6) is 0 Å². The molecule has 0 aromatic carbocycles. The number of hydrogen-bond donors (Lipinski definition) is 2. The number of aliphatic hydroxyl groups excluding tert-OH is 2. The predicted octanol–water partition coefficient (Wildman–Crippen LogP) is 12.4. The Morgan fingerprint density at radius 2 is 0.980 bits per heavy atom. The third kappa shape index (κ3) is 37.0. The summed E-state index contributed by atoms with van der Waals surface area (Å²) in [6.45, 7) is 15.3. The molecule has 0 aromatic heterocycles. The maximum absolute atomic E-state index is 9.24. The largest absolute Gasteiger partial charge is 0.395 e. The Bertz CT molecular complexity index is 670. The Labute approximate surface area is 325 Å². The molecule has 0 aliphatic heterocycles. The van der Waals surface area contributed by atoms with Crippen molar-refractivity contribution >= 4 is 20.3 Å². The molecule has 2 unspecified atom stereocenters. The van der Waals surface area contributed by atoms with E-state index >= 15 is 0 Å². The summed E-state index contributed by atoms with van der Waals surface area (Å²) in [5.41, 5.74) is 0. The third-order valence-corrected chi connectivity index (χ3v) is 13.2. The van der Waals surface area contributed by atoms with Crippen molar-refractivity contribution in [3.05, 3.63) is 0 Å². The van der Waals surface area contributed by atoms with E-state index in [-0.39, 0.29) is 19.5 Å². The molecule has 51 heavy (non-hydrogen) atoms. The highest BCUT2D eigenvalue weighted by molar-refractivity contribution is 7.99. The van der Waals surface area contributed by atoms with Crippen molar-refractivity contribution in [2.45, 2.75) is 225 Å². The topological polar surface area (TPSA) is 71.4 Å². The van der Waals surface area contributed by atoms with Gasteiger partial charge in [-0.05, 0) is 63.9 Å². The molecule has 0 aliphatic carbocycles. The first-order valence-corrected chi connectivity index (χ1v) is 26.3. The second-order valence-electron chi connectivity index (χ2n) is 15.6. The van der Waals surface area contributed by atoms with Crippen LogP contribution in [-0.2, 0) is 13.6 Å². The molecular formula is C43H91NO5SSi. The maximum atomic E-state index is 9.24. The fourth-order valence-electron chi connectivity index (χ4n) is 6.77. The molecule has 308 valence electrons. The minimum absolute atomic E-state index is 0.148. The number of hydrogen-bond acceptors (Lipinski definition) is 7. The first kappa shape index (κ1) is 51.3. The van der Waals surface area contributed by atoms with Crippen LogP contribution in [0, 0.1) is 0 Å². The van der Waals surface area contributed by atoms with Crippen LogP contribution in [0.2, 0.25) is 13.1 Å². The lowest BCUT2D eigenvalue weighted by Gasteiger charge is -2.30. The highest BCUT2D eigenvalue weighted by Gasteiger charge is 2.29. The number of aliphatic hydroxyl groups is 2. The van der Waals surface area contributed by atoms with Gasteiger partial charge in [-0.3, -0.25) is 4.90 Å². The van der Waals surface area contributed by atoms with Crippen molar-refractivity contribution in [1.29, 1.82) is 0 Å². The van der Waals surface area contributed by atoms with Gasteiger partial charge in [-0.2, -0.15) is 11.8 Å². The Kier molecular flexibility index (Phi) is 40.3. The van der Waals surface area contributed by atoms with Gasteiger partial charge in [0.1, 0.15) is 6.29 Å². The average Bonchev–Trinajstić information content (AvgIpc) is 3.11. The van der Waals surface area contributed by atoms with Gasteiger partial charge < -0.3 is 23.8 Å². The Morgan fingerprint density at radius 1 is 0.529 bits per heavy atom. The van der Waals surface area contributed by atoms with Crippen molar-refractivity contribution in [3.63, 3.8) is 0 Å². The highest BCUT2D eigenvalue weighted by Crippen LogP contribution is 2.24. The molecule has 0 fully saturated rings. The number of nitrogens with zero attached hydrogens (tertiary/aromatic N) is 1. The summed E-state index contributed by atoms with van der Waals surface area (Å²) in [6, 6.07) is 0. The molecule has 0 aliphatic rings. The summed E-state index contributed by atoms with van der Waals surface area (Å²) in [6.07, 6.45) is 36.3. The minimum Gasteiger partial charge on any atom is -0.395 e. The molecule has 2 N–H and O–H groups in total. The molecule has 0 aromatic rings. The van der Waals surface area contributed by atoms with Gasteiger partial charge in [0.2, 0.25) is 0 Å². The Morgan fingerprint density at radius 3 is 1.51 bits per heavy atom. The van der Waals surface area contributed by atoms with Gasteiger partial charge in [-0.1, -0.05) is 162 Å². The summed E-state index contributed by atoms with van der Waals surface area (Å²) in [4.78, 5) is 2.14. The van der Waals surface area contributed by atoms with Gasteiger partial charge in [0, 0.05) is 24.9 Å². The first-order valence-electron chi connectivity index (χ1n) is 22.4. The van der Waals surface area contributed by atoms with Crippen molar-refractivity contribution in [2.75, 3.05) is 51.8 Å². The molecule has 0 bridgehead atoms. The highest BCUT2D eigenvalue weighted by atomic mass is 32.2. The molecule has 0 saturated heterocycles. The third-order valence-electron chi connectivity index (χ3n) is 10.1. The number of ether oxygens (including phenoxy) is 1. The Balaban J connectivity index is 4.81. The second kappa shape index (κ2) is 40.0. The van der Waals surface area contributed by atoms with E-state index in [9.17, 15) is 10.2 Å². The number of thioether (sulfide) groups is 1. The lowest BCUT2D eigenvalue weighted by molar-refractivity contribution is -0.103. The molecule has 0 radical (unpaired) electrons. The van der Waals surface area contributed by atoms with Crippen LogP contribution in [0.4, 0.5) is 0 Å². The van der Waals surface area contributed by atoms with Crippen LogP contribution in [0.3, 0.4) is 0 Å². The number of rotatable bonds is 43. The van der Waals surface area contributed by atoms with Gasteiger partial charge in [0.25, 0.3) is 0 Å². The summed E-state index contributed by atoms with van der Waals surface area (Å²) in [5.74, 6) is 1.24. The van der Waals surface area contributed by atoms with Gasteiger partial charge in [0.05, 0.1) is 19.8 Å². The summed E-state index contributed by atoms with van der Waals surface area (Å²) < 4.78 is 19.9. The van der Waals surface area contributed by atoms with Crippen LogP contribution in [0.25, 0.3) is 0 Å². The molecule has 6 nitrogen and oxygen atoms in total. The monoisotopic (exact) mass is 762 g/mol. The standard InChI is InChI=1S/C43H91NO5SSi/c1-6-9-12-14-16-17-18-19-20-21-22-24-28-33-43(47-41-42(50-40-31-11-8-3)32-27-23-15-13-10-7-2)49-51(4,5)48-39-30-26-25-29-34-44(35-37-45)36-38-46/h42-43,45-46H,6-41H2,1-5H3. The molecule has 2 atom stereocenters. The zero-order chi connectivity index (χ0) is 37.5. The van der Waals surface area contributed by atoms with Crippen LogP contribution < -0.4 is 0 Å². The average molecular weight is 762 g/mol. The minimum atomic E-state index is -2.33. The summed E-state index contributed by atoms with van der Waals surface area (Å²) >= 11 is 2.14. The predicted molar refractivity (Wildman–Crippen MR) is 227 cm³/mol. The van der Waals surface area contributed by atoms with E-state index in [1.807, 2.05) is 0 Å². The maximum Gasteiger partial charge on any atom is 0.333 e. The molecule has 0 rings (SSSR count). The van der Waals surface area contributed by atoms with Crippen LogP contribution in [0.1, 0.15) is 201 Å². The molecule has 0 heterocycles. The lowest BCUT2D eigenvalue weighted by atomic mass is 10.0. The van der Waals surface area contributed by atoms with Gasteiger partial charge in [-0.25, -0.2) is 0 Å². The quantitative estimate of drug-likeness (QED) is 0.0364. The molecule has 0 amide bonds. The van der Waals surface area contributed by atoms with Crippen molar-refractivity contribution in [1.82, 2.24) is 4.90 Å². The molecular weight excluding hydrogens is 671 g/mol. The van der Waals surface area contributed by atoms with Gasteiger partial charge >= 0.3 is 8.56 Å². The van der Waals surface area contributed by atoms with Crippen molar-refractivity contribution in [2.24, 2.45) is 0 Å². The fourth-order valence-corrected chi connectivity index (χ4v) is 9.50. The molecule has 0 spiro atoms. The first-order chi connectivity index (χ1) is 24.9. The van der Waals surface area contributed by atoms with Gasteiger partial charge in [-0.15, -0.1) is 0 Å². The van der Waals surface area contributed by atoms with Crippen LogP contribution in [0.15, 0.2) is 0 Å². The zero-order valence-electron chi connectivity index (χ0n) is 35.1. The van der Waals surface area contributed by atoms with E-state index in [4.69, 9.17) is 13.6 Å². The SMILES string of the molecule is CCCCCCCCCCCCCCCC(OCC(CCCCCCCC)SCCCCC)O[Si](C)(C)OCCCCCCN(CCO)CCO. The normalized spacial score (nSPS) is 13.4. The van der Waals surface area contributed by atoms with E-state index in [1.54, 1.807) is 0 Å². The zero-order valence-corrected chi connectivity index (χ0v) is 36.9. The van der Waals surface area contributed by atoms with Crippen LogP contribution >= 0.6 is 11.8 Å². The van der Waals surface area contributed by atoms with E-state index in [0.29, 0.717) is 18.3 Å². The van der Waals surface area contributed by atoms with E-state index < -0.39 is 8.56 Å². The Hall–Kier alpha value is 0.327. The van der Waals surface area contributed by atoms with Crippen molar-refractivity contribution < 1.29 is 23.8 Å². The number of unbranched alkanes of at least 4 members (excludes halogenated alkanes) is 22. The van der Waals surface area contributed by atoms with Gasteiger partial charge in [0.15, 0.2) is 0 Å². The molecule has 8 heteroatoms. The van der Waals surface area contributed by atoms with E-state index in [0.717, 1.165) is 51.9 Å². The molecule has 0 saturated carbocycles. The smallest absolute Gasteiger partial charge is 0.333 e.